The largest absolute Gasteiger partial charge is 0.393 e. The van der Waals surface area contributed by atoms with Crippen LogP contribution in [0, 0.1) is 11.3 Å². The Labute approximate surface area is 139 Å². The summed E-state index contributed by atoms with van der Waals surface area (Å²) in [6.45, 7) is 6.67. The molecule has 0 spiro atoms. The molecule has 1 amide bonds. The third kappa shape index (κ3) is 3.97. The van der Waals surface area contributed by atoms with Crippen molar-refractivity contribution in [3.63, 3.8) is 0 Å². The van der Waals surface area contributed by atoms with Gasteiger partial charge < -0.3 is 14.7 Å². The normalized spacial score (nSPS) is 34.5. The molecule has 0 unspecified atom stereocenters. The number of likely N-dealkylation sites (tertiary alicyclic amines) is 1. The number of carbonyl (C=O) groups is 1. The molecule has 23 heavy (non-hydrogen) atoms. The van der Waals surface area contributed by atoms with Gasteiger partial charge in [0.2, 0.25) is 5.91 Å². The smallest absolute Gasteiger partial charge is 0.246 e. The topological polar surface area (TPSA) is 49.8 Å². The summed E-state index contributed by atoms with van der Waals surface area (Å²) < 4.78 is 5.55. The molecule has 4 heteroatoms. The lowest BCUT2D eigenvalue weighted by Crippen LogP contribution is -2.47. The highest BCUT2D eigenvalue weighted by Gasteiger charge is 2.39. The fraction of sp³-hybridized carbons (Fsp3) is 0.842. The molecule has 0 aromatic heterocycles. The number of rotatable bonds is 2. The summed E-state index contributed by atoms with van der Waals surface area (Å²) in [5, 5.41) is 10.3. The Bertz CT molecular complexity index is 459. The molecule has 1 N–H and O–H groups in total. The van der Waals surface area contributed by atoms with Gasteiger partial charge in [-0.1, -0.05) is 19.4 Å². The van der Waals surface area contributed by atoms with E-state index in [9.17, 15) is 9.90 Å². The van der Waals surface area contributed by atoms with Crippen molar-refractivity contribution in [1.29, 1.82) is 0 Å². The molecule has 0 aromatic rings. The van der Waals surface area contributed by atoms with Crippen LogP contribution in [0.15, 0.2) is 11.6 Å². The second-order valence-electron chi connectivity index (χ2n) is 8.30. The third-order valence-corrected chi connectivity index (χ3v) is 6.01. The highest BCUT2D eigenvalue weighted by atomic mass is 16.5. The maximum absolute atomic E-state index is 12.8. The molecule has 2 heterocycles. The van der Waals surface area contributed by atoms with Crippen molar-refractivity contribution in [2.45, 2.75) is 70.9 Å². The zero-order chi connectivity index (χ0) is 16.4. The summed E-state index contributed by atoms with van der Waals surface area (Å²) in [7, 11) is 0. The number of hydrogen-bond acceptors (Lipinski definition) is 3. The zero-order valence-electron chi connectivity index (χ0n) is 14.6. The van der Waals surface area contributed by atoms with Crippen molar-refractivity contribution in [2.24, 2.45) is 11.3 Å². The molecule has 0 bridgehead atoms. The van der Waals surface area contributed by atoms with Gasteiger partial charge in [0.15, 0.2) is 0 Å². The van der Waals surface area contributed by atoms with E-state index in [0.717, 1.165) is 32.2 Å². The van der Waals surface area contributed by atoms with Crippen molar-refractivity contribution in [3.05, 3.63) is 11.6 Å². The Morgan fingerprint density at radius 3 is 2.74 bits per heavy atom. The van der Waals surface area contributed by atoms with E-state index < -0.39 is 0 Å². The first kappa shape index (κ1) is 17.0. The standard InChI is InChI=1S/C19H31NO3/c1-19(2)8-5-14(6-9-19)12-18(22)20-10-3-4-16(20)15-13-23-11-7-17(15)21/h12,15-17,21H,3-11,13H2,1-2H3/t15-,16-,17-/m1/s1. The van der Waals surface area contributed by atoms with Crippen LogP contribution < -0.4 is 0 Å². The van der Waals surface area contributed by atoms with Crippen LogP contribution in [0.25, 0.3) is 0 Å². The fourth-order valence-corrected chi connectivity index (χ4v) is 4.28. The second-order valence-corrected chi connectivity index (χ2v) is 8.30. The van der Waals surface area contributed by atoms with Crippen molar-refractivity contribution >= 4 is 5.91 Å². The van der Waals surface area contributed by atoms with Crippen LogP contribution in [0.1, 0.15) is 58.8 Å². The SMILES string of the molecule is CC1(C)CCC(=CC(=O)N2CCC[C@@H]2[C@H]2COCC[C@H]2O)CC1. The number of aliphatic hydroxyl groups is 1. The second kappa shape index (κ2) is 6.94. The van der Waals surface area contributed by atoms with Gasteiger partial charge in [-0.2, -0.15) is 0 Å². The van der Waals surface area contributed by atoms with Gasteiger partial charge in [0.25, 0.3) is 0 Å². The molecule has 2 aliphatic heterocycles. The Balaban J connectivity index is 1.64. The lowest BCUT2D eigenvalue weighted by atomic mass is 9.75. The number of carbonyl (C=O) groups excluding carboxylic acids is 1. The van der Waals surface area contributed by atoms with Crippen LogP contribution in [-0.4, -0.2) is 47.8 Å². The zero-order valence-corrected chi connectivity index (χ0v) is 14.6. The van der Waals surface area contributed by atoms with Crippen molar-refractivity contribution in [1.82, 2.24) is 4.90 Å². The summed E-state index contributed by atoms with van der Waals surface area (Å²) in [6, 6.07) is 0.148. The Hall–Kier alpha value is -0.870. The number of allylic oxidation sites excluding steroid dienone is 1. The first-order valence-corrected chi connectivity index (χ1v) is 9.22. The van der Waals surface area contributed by atoms with E-state index in [1.165, 1.54) is 18.4 Å². The van der Waals surface area contributed by atoms with E-state index in [1.54, 1.807) is 0 Å². The van der Waals surface area contributed by atoms with Gasteiger partial charge in [0.05, 0.1) is 12.7 Å². The lowest BCUT2D eigenvalue weighted by molar-refractivity contribution is -0.131. The van der Waals surface area contributed by atoms with Gasteiger partial charge in [-0.25, -0.2) is 0 Å². The summed E-state index contributed by atoms with van der Waals surface area (Å²) in [5.74, 6) is 0.235. The lowest BCUT2D eigenvalue weighted by Gasteiger charge is -2.37. The van der Waals surface area contributed by atoms with E-state index in [0.29, 0.717) is 25.0 Å². The van der Waals surface area contributed by atoms with Gasteiger partial charge in [0, 0.05) is 31.2 Å². The minimum absolute atomic E-state index is 0.0823. The molecule has 3 aliphatic rings. The highest BCUT2D eigenvalue weighted by Crippen LogP contribution is 2.38. The number of hydrogen-bond donors (Lipinski definition) is 1. The third-order valence-electron chi connectivity index (χ3n) is 6.01. The molecule has 3 rings (SSSR count). The molecule has 4 nitrogen and oxygen atoms in total. The molecular formula is C19H31NO3. The van der Waals surface area contributed by atoms with E-state index in [-0.39, 0.29) is 24.0 Å². The molecule has 0 aromatic carbocycles. The minimum Gasteiger partial charge on any atom is -0.393 e. The van der Waals surface area contributed by atoms with Crippen molar-refractivity contribution in [2.75, 3.05) is 19.8 Å². The average molecular weight is 321 g/mol. The van der Waals surface area contributed by atoms with Crippen LogP contribution in [0.4, 0.5) is 0 Å². The predicted molar refractivity (Wildman–Crippen MR) is 90.0 cm³/mol. The Kier molecular flexibility index (Phi) is 5.12. The summed E-state index contributed by atoms with van der Waals surface area (Å²) >= 11 is 0. The quantitative estimate of drug-likeness (QED) is 0.796. The molecule has 3 fully saturated rings. The predicted octanol–water partition coefficient (Wildman–Crippen LogP) is 2.90. The maximum Gasteiger partial charge on any atom is 0.246 e. The number of nitrogens with zero attached hydrogens (tertiary/aromatic N) is 1. The fourth-order valence-electron chi connectivity index (χ4n) is 4.28. The average Bonchev–Trinajstić information content (AvgIpc) is 2.99. The van der Waals surface area contributed by atoms with Crippen molar-refractivity contribution < 1.29 is 14.6 Å². The van der Waals surface area contributed by atoms with Crippen LogP contribution in [0.2, 0.25) is 0 Å². The van der Waals surface area contributed by atoms with Gasteiger partial charge >= 0.3 is 0 Å². The number of aliphatic hydroxyl groups excluding tert-OH is 1. The Morgan fingerprint density at radius 1 is 1.30 bits per heavy atom. The van der Waals surface area contributed by atoms with Gasteiger partial charge in [-0.05, 0) is 50.4 Å². The summed E-state index contributed by atoms with van der Waals surface area (Å²) in [6.07, 6.45) is 8.73. The van der Waals surface area contributed by atoms with Gasteiger partial charge in [0.1, 0.15) is 0 Å². The summed E-state index contributed by atoms with van der Waals surface area (Å²) in [5.41, 5.74) is 1.72. The van der Waals surface area contributed by atoms with Crippen LogP contribution in [0.3, 0.4) is 0 Å². The van der Waals surface area contributed by atoms with Crippen molar-refractivity contribution in [3.8, 4) is 0 Å². The highest BCUT2D eigenvalue weighted by molar-refractivity contribution is 5.88. The molecule has 1 saturated carbocycles. The van der Waals surface area contributed by atoms with Gasteiger partial charge in [-0.3, -0.25) is 4.79 Å². The molecule has 130 valence electrons. The maximum atomic E-state index is 12.8. The molecular weight excluding hydrogens is 290 g/mol. The summed E-state index contributed by atoms with van der Waals surface area (Å²) in [4.78, 5) is 14.8. The van der Waals surface area contributed by atoms with E-state index >= 15 is 0 Å². The first-order valence-electron chi connectivity index (χ1n) is 9.22. The number of ether oxygens (including phenoxy) is 1. The minimum atomic E-state index is -0.328. The Morgan fingerprint density at radius 2 is 2.04 bits per heavy atom. The van der Waals surface area contributed by atoms with E-state index in [1.807, 2.05) is 11.0 Å². The molecule has 3 atom stereocenters. The van der Waals surface area contributed by atoms with Gasteiger partial charge in [-0.15, -0.1) is 0 Å². The monoisotopic (exact) mass is 321 g/mol. The van der Waals surface area contributed by atoms with Crippen LogP contribution in [-0.2, 0) is 9.53 Å². The molecule has 0 radical (unpaired) electrons. The van der Waals surface area contributed by atoms with Crippen LogP contribution >= 0.6 is 0 Å². The molecule has 2 saturated heterocycles. The van der Waals surface area contributed by atoms with E-state index in [4.69, 9.17) is 4.74 Å². The van der Waals surface area contributed by atoms with Crippen LogP contribution in [0.5, 0.6) is 0 Å². The van der Waals surface area contributed by atoms with E-state index in [2.05, 4.69) is 13.8 Å². The number of amides is 1. The first-order chi connectivity index (χ1) is 11.0. The molecule has 1 aliphatic carbocycles.